The van der Waals surface area contributed by atoms with Gasteiger partial charge in [0.05, 0.1) is 11.1 Å². The van der Waals surface area contributed by atoms with Gasteiger partial charge in [0.15, 0.2) is 0 Å². The topological polar surface area (TPSA) is 79.3 Å². The Balaban J connectivity index is 3.01. The van der Waals surface area contributed by atoms with Gasteiger partial charge >= 0.3 is 12.1 Å². The smallest absolute Gasteiger partial charge is 0.418 e. The highest BCUT2D eigenvalue weighted by Crippen LogP contribution is 2.31. The van der Waals surface area contributed by atoms with Gasteiger partial charge in [0.2, 0.25) is 0 Å². The van der Waals surface area contributed by atoms with Crippen LogP contribution in [-0.2, 0) is 11.0 Å². The Kier molecular flexibility index (Phi) is 5.28. The van der Waals surface area contributed by atoms with Gasteiger partial charge in [-0.15, -0.1) is 0 Å². The summed E-state index contributed by atoms with van der Waals surface area (Å²) in [5.74, 6) is -2.41. The van der Waals surface area contributed by atoms with Gasteiger partial charge in [-0.2, -0.15) is 13.2 Å². The minimum atomic E-state index is -4.74. The van der Waals surface area contributed by atoms with Crippen molar-refractivity contribution in [1.29, 1.82) is 0 Å². The van der Waals surface area contributed by atoms with Crippen molar-refractivity contribution in [2.24, 2.45) is 5.92 Å². The molecule has 0 radical (unpaired) electrons. The fourth-order valence-corrected chi connectivity index (χ4v) is 1.75. The van der Waals surface area contributed by atoms with Crippen LogP contribution in [0.5, 0.6) is 0 Å². The number of amides is 1. The first-order chi connectivity index (χ1) is 9.62. The van der Waals surface area contributed by atoms with Crippen LogP contribution in [0.25, 0.3) is 0 Å². The monoisotopic (exact) mass is 304 g/mol. The van der Waals surface area contributed by atoms with Gasteiger partial charge in [-0.1, -0.05) is 13.8 Å². The number of carbonyl (C=O) groups excluding carboxylic acids is 1. The Morgan fingerprint density at radius 1 is 1.38 bits per heavy atom. The molecule has 0 bridgehead atoms. The van der Waals surface area contributed by atoms with E-state index in [0.29, 0.717) is 6.20 Å². The van der Waals surface area contributed by atoms with Crippen molar-refractivity contribution in [3.05, 3.63) is 29.6 Å². The summed E-state index contributed by atoms with van der Waals surface area (Å²) in [6, 6.07) is -0.335. The number of halogens is 3. The SMILES string of the molecule is CC(C)C[C@@H](NC(=O)c1ccncc1C(F)(F)F)C(=O)O. The van der Waals surface area contributed by atoms with E-state index >= 15 is 0 Å². The zero-order valence-corrected chi connectivity index (χ0v) is 11.4. The Morgan fingerprint density at radius 2 is 2.00 bits per heavy atom. The fourth-order valence-electron chi connectivity index (χ4n) is 1.75. The van der Waals surface area contributed by atoms with E-state index in [1.54, 1.807) is 13.8 Å². The summed E-state index contributed by atoms with van der Waals surface area (Å²) < 4.78 is 38.3. The number of rotatable bonds is 5. The lowest BCUT2D eigenvalue weighted by atomic mass is 10.0. The van der Waals surface area contributed by atoms with Gasteiger partial charge < -0.3 is 10.4 Å². The molecule has 0 aliphatic rings. The third-order valence-corrected chi connectivity index (χ3v) is 2.68. The molecule has 1 aromatic rings. The molecule has 0 unspecified atom stereocenters. The number of hydrogen-bond donors (Lipinski definition) is 2. The number of nitrogens with one attached hydrogen (secondary N) is 1. The van der Waals surface area contributed by atoms with Crippen molar-refractivity contribution in [3.8, 4) is 0 Å². The molecule has 1 heterocycles. The molecule has 0 aromatic carbocycles. The van der Waals surface area contributed by atoms with E-state index < -0.39 is 35.2 Å². The molecule has 1 atom stereocenters. The van der Waals surface area contributed by atoms with E-state index in [1.807, 2.05) is 0 Å². The van der Waals surface area contributed by atoms with E-state index in [4.69, 9.17) is 5.11 Å². The summed E-state index contributed by atoms with van der Waals surface area (Å²) >= 11 is 0. The van der Waals surface area contributed by atoms with Crippen molar-refractivity contribution in [3.63, 3.8) is 0 Å². The number of nitrogens with zero attached hydrogens (tertiary/aromatic N) is 1. The van der Waals surface area contributed by atoms with Crippen LogP contribution in [0.3, 0.4) is 0 Å². The van der Waals surface area contributed by atoms with Crippen LogP contribution < -0.4 is 5.32 Å². The molecule has 1 rings (SSSR count). The molecule has 2 N–H and O–H groups in total. The van der Waals surface area contributed by atoms with Crippen molar-refractivity contribution >= 4 is 11.9 Å². The lowest BCUT2D eigenvalue weighted by molar-refractivity contribution is -0.139. The Bertz CT molecular complexity index is 530. The molecule has 0 aliphatic carbocycles. The van der Waals surface area contributed by atoms with Gasteiger partial charge in [-0.25, -0.2) is 4.79 Å². The number of carbonyl (C=O) groups is 2. The number of carboxylic acids is 1. The van der Waals surface area contributed by atoms with Gasteiger partial charge in [-0.3, -0.25) is 9.78 Å². The maximum atomic E-state index is 12.8. The lowest BCUT2D eigenvalue weighted by Crippen LogP contribution is -2.42. The Hall–Kier alpha value is -2.12. The number of carboxylic acid groups (broad SMARTS) is 1. The highest BCUT2D eigenvalue weighted by molar-refractivity contribution is 5.97. The average Bonchev–Trinajstić information content (AvgIpc) is 2.36. The average molecular weight is 304 g/mol. The minimum absolute atomic E-state index is 0.0362. The van der Waals surface area contributed by atoms with Crippen LogP contribution in [0.15, 0.2) is 18.5 Å². The van der Waals surface area contributed by atoms with Gasteiger partial charge in [-0.05, 0) is 18.4 Å². The molecular weight excluding hydrogens is 289 g/mol. The molecule has 0 aliphatic heterocycles. The van der Waals surface area contributed by atoms with Crippen LogP contribution >= 0.6 is 0 Å². The number of aliphatic carboxylic acids is 1. The number of alkyl halides is 3. The summed E-state index contributed by atoms with van der Waals surface area (Å²) in [6.07, 6.45) is -3.04. The molecule has 0 spiro atoms. The van der Waals surface area contributed by atoms with E-state index in [9.17, 15) is 22.8 Å². The lowest BCUT2D eigenvalue weighted by Gasteiger charge is -2.18. The molecule has 0 fully saturated rings. The highest BCUT2D eigenvalue weighted by Gasteiger charge is 2.36. The van der Waals surface area contributed by atoms with Gasteiger partial charge in [0.1, 0.15) is 6.04 Å². The second kappa shape index (κ2) is 6.55. The van der Waals surface area contributed by atoms with Crippen LogP contribution in [-0.4, -0.2) is 28.0 Å². The third kappa shape index (κ3) is 4.73. The fraction of sp³-hybridized carbons (Fsp3) is 0.462. The number of aromatic nitrogens is 1. The summed E-state index contributed by atoms with van der Waals surface area (Å²) in [5, 5.41) is 11.1. The molecule has 21 heavy (non-hydrogen) atoms. The van der Waals surface area contributed by atoms with Crippen LogP contribution in [0, 0.1) is 5.92 Å². The summed E-state index contributed by atoms with van der Waals surface area (Å²) in [7, 11) is 0. The van der Waals surface area contributed by atoms with E-state index in [-0.39, 0.29) is 12.3 Å². The molecule has 1 aromatic heterocycles. The van der Waals surface area contributed by atoms with Crippen molar-refractivity contribution in [1.82, 2.24) is 10.3 Å². The maximum absolute atomic E-state index is 12.8. The molecule has 0 saturated heterocycles. The highest BCUT2D eigenvalue weighted by atomic mass is 19.4. The quantitative estimate of drug-likeness (QED) is 0.875. The van der Waals surface area contributed by atoms with E-state index in [2.05, 4.69) is 10.3 Å². The second-order valence-electron chi connectivity index (χ2n) is 4.91. The maximum Gasteiger partial charge on any atom is 0.418 e. The predicted octanol–water partition coefficient (Wildman–Crippen LogP) is 2.33. The van der Waals surface area contributed by atoms with Crippen molar-refractivity contribution < 1.29 is 27.9 Å². The minimum Gasteiger partial charge on any atom is -0.480 e. The Labute approximate surface area is 119 Å². The van der Waals surface area contributed by atoms with E-state index in [1.165, 1.54) is 0 Å². The molecule has 8 heteroatoms. The molecule has 0 saturated carbocycles. The third-order valence-electron chi connectivity index (χ3n) is 2.68. The zero-order chi connectivity index (χ0) is 16.2. The molecular formula is C13H15F3N2O3. The molecule has 5 nitrogen and oxygen atoms in total. The van der Waals surface area contributed by atoms with Crippen LogP contribution in [0.1, 0.15) is 36.2 Å². The largest absolute Gasteiger partial charge is 0.480 e. The van der Waals surface area contributed by atoms with E-state index in [0.717, 1.165) is 12.3 Å². The summed E-state index contributed by atoms with van der Waals surface area (Å²) in [6.45, 7) is 3.49. The normalized spacial score (nSPS) is 13.0. The second-order valence-corrected chi connectivity index (χ2v) is 4.91. The van der Waals surface area contributed by atoms with Gasteiger partial charge in [0.25, 0.3) is 5.91 Å². The predicted molar refractivity (Wildman–Crippen MR) is 67.6 cm³/mol. The zero-order valence-electron chi connectivity index (χ0n) is 11.4. The number of hydrogen-bond acceptors (Lipinski definition) is 3. The summed E-state index contributed by atoms with van der Waals surface area (Å²) in [4.78, 5) is 26.3. The molecule has 1 amide bonds. The summed E-state index contributed by atoms with van der Waals surface area (Å²) in [5.41, 5.74) is -1.84. The van der Waals surface area contributed by atoms with Gasteiger partial charge in [0, 0.05) is 12.4 Å². The van der Waals surface area contributed by atoms with Crippen LogP contribution in [0.4, 0.5) is 13.2 Å². The van der Waals surface area contributed by atoms with Crippen LogP contribution in [0.2, 0.25) is 0 Å². The number of pyridine rings is 1. The standard InChI is InChI=1S/C13H15F3N2O3/c1-7(2)5-10(12(20)21)18-11(19)8-3-4-17-6-9(8)13(14,15)16/h3-4,6-7,10H,5H2,1-2H3,(H,18,19)(H,20,21)/t10-/m1/s1. The van der Waals surface area contributed by atoms with Crippen molar-refractivity contribution in [2.45, 2.75) is 32.5 Å². The van der Waals surface area contributed by atoms with Crippen molar-refractivity contribution in [2.75, 3.05) is 0 Å². The first-order valence-corrected chi connectivity index (χ1v) is 6.17. The first kappa shape index (κ1) is 16.9. The molecule has 116 valence electrons. The first-order valence-electron chi connectivity index (χ1n) is 6.17. The Morgan fingerprint density at radius 3 is 2.48 bits per heavy atom.